The number of fused-ring (bicyclic) bond motifs is 3. The monoisotopic (exact) mass is 622 g/mol. The first kappa shape index (κ1) is 27.1. The molecule has 0 spiro atoms. The molecule has 2 aliphatic rings. The smallest absolute Gasteiger partial charge is 0.304 e. The fourth-order valence-corrected chi connectivity index (χ4v) is 9.06. The first-order valence-corrected chi connectivity index (χ1v) is 15.7. The molecular formula is C30H31BrN4O4S. The molecule has 8 nitrogen and oxygen atoms in total. The fourth-order valence-electron chi connectivity index (χ4n) is 6.53. The van der Waals surface area contributed by atoms with E-state index in [9.17, 15) is 18.3 Å². The third-order valence-electron chi connectivity index (χ3n) is 8.48. The highest BCUT2D eigenvalue weighted by Crippen LogP contribution is 2.44. The van der Waals surface area contributed by atoms with Crippen LogP contribution in [0, 0.1) is 12.8 Å². The Balaban J connectivity index is 1.44. The normalized spacial score (nSPS) is 21.1. The number of hydrogen-bond acceptors (Lipinski definition) is 5. The Morgan fingerprint density at radius 1 is 1.15 bits per heavy atom. The van der Waals surface area contributed by atoms with E-state index in [2.05, 4.69) is 33.2 Å². The molecule has 3 unspecified atom stereocenters. The summed E-state index contributed by atoms with van der Waals surface area (Å²) in [6.07, 6.45) is 2.09. The third kappa shape index (κ3) is 4.55. The van der Waals surface area contributed by atoms with Crippen LogP contribution in [0.15, 0.2) is 57.9 Å². The molecule has 1 aliphatic carbocycles. The molecule has 0 bridgehead atoms. The Bertz CT molecular complexity index is 1770. The lowest BCUT2D eigenvalue weighted by atomic mass is 9.84. The topological polar surface area (TPSA) is 105 Å². The van der Waals surface area contributed by atoms with Gasteiger partial charge in [0.15, 0.2) is 0 Å². The van der Waals surface area contributed by atoms with Crippen LogP contribution in [0.5, 0.6) is 0 Å². The van der Waals surface area contributed by atoms with E-state index in [1.807, 2.05) is 56.4 Å². The van der Waals surface area contributed by atoms with E-state index < -0.39 is 21.9 Å². The van der Waals surface area contributed by atoms with Crippen molar-refractivity contribution < 1.29 is 18.3 Å². The maximum Gasteiger partial charge on any atom is 0.304 e. The second-order valence-corrected chi connectivity index (χ2v) is 13.9. The van der Waals surface area contributed by atoms with Crippen LogP contribution in [0.4, 0.5) is 0 Å². The van der Waals surface area contributed by atoms with Gasteiger partial charge in [-0.25, -0.2) is 13.1 Å². The van der Waals surface area contributed by atoms with Crippen molar-refractivity contribution in [2.45, 2.75) is 56.4 Å². The Hall–Kier alpha value is -3.08. The summed E-state index contributed by atoms with van der Waals surface area (Å²) < 4.78 is 32.3. The van der Waals surface area contributed by atoms with Crippen molar-refractivity contribution in [3.63, 3.8) is 0 Å². The van der Waals surface area contributed by atoms with E-state index in [1.165, 1.54) is 0 Å². The average molecular weight is 624 g/mol. The van der Waals surface area contributed by atoms with Crippen LogP contribution in [-0.2, 0) is 34.7 Å². The zero-order chi connectivity index (χ0) is 28.3. The summed E-state index contributed by atoms with van der Waals surface area (Å²) in [6.45, 7) is 4.49. The van der Waals surface area contributed by atoms with Crippen molar-refractivity contribution in [1.82, 2.24) is 19.3 Å². The molecule has 208 valence electrons. The lowest BCUT2D eigenvalue weighted by Crippen LogP contribution is -2.36. The molecule has 0 saturated heterocycles. The lowest BCUT2D eigenvalue weighted by Gasteiger charge is -2.30. The van der Waals surface area contributed by atoms with Crippen LogP contribution >= 0.6 is 15.9 Å². The van der Waals surface area contributed by atoms with Gasteiger partial charge in [-0.1, -0.05) is 58.4 Å². The number of sulfonamides is 1. The number of carbonyl (C=O) groups is 1. The summed E-state index contributed by atoms with van der Waals surface area (Å²) in [7, 11) is -1.91. The van der Waals surface area contributed by atoms with Crippen LogP contribution < -0.4 is 0 Å². The molecule has 10 heteroatoms. The maximum absolute atomic E-state index is 14.1. The SMILES string of the molecule is Cc1c(C(CC(=O)O)c2ccc3c(c2)C(N2CC(C)Cc4ccc(Br)cc4S2(=O)=O)CC3)ccc2c1nnn2C. The van der Waals surface area contributed by atoms with Crippen molar-refractivity contribution in [1.29, 1.82) is 0 Å². The molecule has 0 fully saturated rings. The molecule has 40 heavy (non-hydrogen) atoms. The van der Waals surface area contributed by atoms with Crippen LogP contribution in [0.2, 0.25) is 0 Å². The molecule has 1 N–H and O–H groups in total. The summed E-state index contributed by atoms with van der Waals surface area (Å²) in [6, 6.07) is 15.2. The van der Waals surface area contributed by atoms with Crippen molar-refractivity contribution in [3.8, 4) is 0 Å². The standard InChI is InChI=1S/C30H31BrN4O4S/c1-17-12-21-6-8-22(31)14-28(21)40(38,39)35(16-17)26-10-7-19-4-5-20(13-25(19)26)24(15-29(36)37)23-9-11-27-30(18(23)2)32-33-34(27)3/h4-6,8-9,11,13-14,17,24,26H,7,10,12,15-16H2,1-3H3,(H,36,37). The maximum atomic E-state index is 14.1. The van der Waals surface area contributed by atoms with E-state index in [0.29, 0.717) is 24.3 Å². The van der Waals surface area contributed by atoms with Gasteiger partial charge in [-0.3, -0.25) is 4.79 Å². The summed E-state index contributed by atoms with van der Waals surface area (Å²) >= 11 is 3.46. The zero-order valence-corrected chi connectivity index (χ0v) is 25.0. The second kappa shape index (κ2) is 10.1. The second-order valence-electron chi connectivity index (χ2n) is 11.2. The fraction of sp³-hybridized carbons (Fsp3) is 0.367. The quantitative estimate of drug-likeness (QED) is 0.314. The lowest BCUT2D eigenvalue weighted by molar-refractivity contribution is -0.137. The van der Waals surface area contributed by atoms with Crippen LogP contribution in [0.25, 0.3) is 11.0 Å². The van der Waals surface area contributed by atoms with E-state index >= 15 is 0 Å². The molecular weight excluding hydrogens is 592 g/mol. The molecule has 0 saturated carbocycles. The summed E-state index contributed by atoms with van der Waals surface area (Å²) in [4.78, 5) is 12.4. The highest BCUT2D eigenvalue weighted by atomic mass is 79.9. The number of carboxylic acid groups (broad SMARTS) is 1. The largest absolute Gasteiger partial charge is 0.481 e. The average Bonchev–Trinajstić information content (AvgIpc) is 3.48. The molecule has 0 radical (unpaired) electrons. The zero-order valence-electron chi connectivity index (χ0n) is 22.6. The Morgan fingerprint density at radius 3 is 2.70 bits per heavy atom. The number of carboxylic acids is 1. The molecule has 3 atom stereocenters. The molecule has 1 aliphatic heterocycles. The van der Waals surface area contributed by atoms with Gasteiger partial charge in [0, 0.05) is 24.0 Å². The highest BCUT2D eigenvalue weighted by molar-refractivity contribution is 9.10. The summed E-state index contributed by atoms with van der Waals surface area (Å²) in [5, 5.41) is 18.3. The number of nitrogens with zero attached hydrogens (tertiary/aromatic N) is 4. The van der Waals surface area contributed by atoms with E-state index in [-0.39, 0.29) is 18.4 Å². The first-order valence-electron chi connectivity index (χ1n) is 13.5. The minimum absolute atomic E-state index is 0.0868. The molecule has 2 heterocycles. The molecule has 0 amide bonds. The van der Waals surface area contributed by atoms with E-state index in [4.69, 9.17) is 0 Å². The minimum Gasteiger partial charge on any atom is -0.481 e. The van der Waals surface area contributed by atoms with Gasteiger partial charge < -0.3 is 5.11 Å². The van der Waals surface area contributed by atoms with Gasteiger partial charge in [-0.15, -0.1) is 5.10 Å². The van der Waals surface area contributed by atoms with Crippen molar-refractivity contribution in [2.75, 3.05) is 6.54 Å². The van der Waals surface area contributed by atoms with E-state index in [1.54, 1.807) is 15.1 Å². The number of hydrogen-bond donors (Lipinski definition) is 1. The number of halogens is 1. The predicted molar refractivity (Wildman–Crippen MR) is 156 cm³/mol. The van der Waals surface area contributed by atoms with Crippen LogP contribution in [-0.4, -0.2) is 45.3 Å². The molecule has 6 rings (SSSR count). The number of benzene rings is 3. The summed E-state index contributed by atoms with van der Waals surface area (Å²) in [5.41, 5.74) is 7.23. The Kier molecular flexibility index (Phi) is 6.83. The predicted octanol–water partition coefficient (Wildman–Crippen LogP) is 5.52. The van der Waals surface area contributed by atoms with Crippen molar-refractivity contribution in [2.24, 2.45) is 13.0 Å². The van der Waals surface area contributed by atoms with Crippen LogP contribution in [0.3, 0.4) is 0 Å². The van der Waals surface area contributed by atoms with Gasteiger partial charge in [-0.05, 0) is 83.7 Å². The van der Waals surface area contributed by atoms with Gasteiger partial charge in [0.25, 0.3) is 0 Å². The molecule has 4 aromatic rings. The number of rotatable bonds is 5. The molecule has 1 aromatic heterocycles. The van der Waals surface area contributed by atoms with Gasteiger partial charge >= 0.3 is 5.97 Å². The number of aromatic nitrogens is 3. The van der Waals surface area contributed by atoms with Crippen molar-refractivity contribution >= 4 is 43.0 Å². The van der Waals surface area contributed by atoms with Gasteiger partial charge in [-0.2, -0.15) is 4.31 Å². The first-order chi connectivity index (χ1) is 19.0. The van der Waals surface area contributed by atoms with Gasteiger partial charge in [0.05, 0.1) is 22.9 Å². The number of aryl methyl sites for hydroxylation is 3. The Morgan fingerprint density at radius 2 is 1.93 bits per heavy atom. The highest BCUT2D eigenvalue weighted by Gasteiger charge is 2.40. The minimum atomic E-state index is -3.74. The number of aliphatic carboxylic acids is 1. The van der Waals surface area contributed by atoms with Gasteiger partial charge in [0.2, 0.25) is 10.0 Å². The summed E-state index contributed by atoms with van der Waals surface area (Å²) in [5.74, 6) is -1.15. The molecule has 3 aromatic carbocycles. The van der Waals surface area contributed by atoms with Gasteiger partial charge in [0.1, 0.15) is 5.52 Å². The van der Waals surface area contributed by atoms with Crippen molar-refractivity contribution in [3.05, 3.63) is 86.4 Å². The van der Waals surface area contributed by atoms with Crippen LogP contribution in [0.1, 0.15) is 65.1 Å². The van der Waals surface area contributed by atoms with E-state index in [0.717, 1.165) is 55.3 Å². The third-order valence-corrected chi connectivity index (χ3v) is 10.9. The Labute approximate surface area is 242 Å².